The molecule has 7 nitrogen and oxygen atoms in total. The van der Waals surface area contributed by atoms with Crippen molar-refractivity contribution in [2.45, 2.75) is 17.8 Å². The van der Waals surface area contributed by atoms with Crippen LogP contribution < -0.4 is 4.90 Å². The van der Waals surface area contributed by atoms with Gasteiger partial charge >= 0.3 is 0 Å². The summed E-state index contributed by atoms with van der Waals surface area (Å²) in [5.41, 5.74) is 3.96. The third-order valence-corrected chi connectivity index (χ3v) is 6.38. The van der Waals surface area contributed by atoms with Gasteiger partial charge in [0.15, 0.2) is 5.16 Å². The van der Waals surface area contributed by atoms with Crippen LogP contribution in [0, 0.1) is 6.92 Å². The van der Waals surface area contributed by atoms with E-state index in [0.29, 0.717) is 29.9 Å². The number of hydrogen-bond donors (Lipinski definition) is 0. The fourth-order valence-corrected chi connectivity index (χ4v) is 4.50. The highest BCUT2D eigenvalue weighted by molar-refractivity contribution is 7.98. The minimum absolute atomic E-state index is 0.575. The van der Waals surface area contributed by atoms with Crippen LogP contribution in [0.3, 0.4) is 0 Å². The zero-order valence-electron chi connectivity index (χ0n) is 17.6. The molecule has 0 aliphatic carbocycles. The van der Waals surface area contributed by atoms with E-state index in [1.807, 2.05) is 24.3 Å². The molecule has 1 aliphatic rings. The van der Waals surface area contributed by atoms with Gasteiger partial charge < -0.3 is 14.1 Å². The van der Waals surface area contributed by atoms with Gasteiger partial charge in [0, 0.05) is 29.4 Å². The van der Waals surface area contributed by atoms with Crippen LogP contribution in [0.15, 0.2) is 64.4 Å². The van der Waals surface area contributed by atoms with Crippen molar-refractivity contribution >= 4 is 29.3 Å². The molecule has 0 radical (unpaired) electrons. The van der Waals surface area contributed by atoms with Gasteiger partial charge in [0.2, 0.25) is 11.8 Å². The van der Waals surface area contributed by atoms with E-state index in [1.165, 1.54) is 5.56 Å². The van der Waals surface area contributed by atoms with Crippen molar-refractivity contribution in [3.8, 4) is 17.1 Å². The molecule has 0 atom stereocenters. The molecular formula is C23H22ClN5O2S. The highest BCUT2D eigenvalue weighted by atomic mass is 35.5. The monoisotopic (exact) mass is 467 g/mol. The minimum atomic E-state index is 0.575. The van der Waals surface area contributed by atoms with E-state index in [0.717, 1.165) is 41.1 Å². The fraction of sp³-hybridized carbons (Fsp3) is 0.261. The number of ether oxygens (including phenoxy) is 1. The summed E-state index contributed by atoms with van der Waals surface area (Å²) in [6.07, 6.45) is 1.69. The SMILES string of the molecule is Cc1cccc(-n2c(SCc3coc(-c4ccc(Cl)cc4)n3)nnc2N2CCOCC2)c1. The number of nitrogens with zero attached hydrogens (tertiary/aromatic N) is 5. The van der Waals surface area contributed by atoms with Crippen molar-refractivity contribution in [1.82, 2.24) is 19.7 Å². The van der Waals surface area contributed by atoms with Gasteiger partial charge in [0.1, 0.15) is 6.26 Å². The normalized spacial score (nSPS) is 14.1. The Morgan fingerprint density at radius 2 is 1.88 bits per heavy atom. The van der Waals surface area contributed by atoms with Crippen molar-refractivity contribution < 1.29 is 9.15 Å². The summed E-state index contributed by atoms with van der Waals surface area (Å²) in [6.45, 7) is 5.05. The van der Waals surface area contributed by atoms with Crippen LogP contribution in [0.25, 0.3) is 17.1 Å². The van der Waals surface area contributed by atoms with E-state index in [-0.39, 0.29) is 0 Å². The van der Waals surface area contributed by atoms with Crippen LogP contribution in [-0.2, 0) is 10.5 Å². The molecule has 0 bridgehead atoms. The first-order valence-electron chi connectivity index (χ1n) is 10.4. The Labute approximate surface area is 195 Å². The van der Waals surface area contributed by atoms with E-state index in [4.69, 9.17) is 20.8 Å². The average Bonchev–Trinajstić information content (AvgIpc) is 3.46. The molecule has 0 unspecified atom stereocenters. The Balaban J connectivity index is 1.40. The number of aromatic nitrogens is 4. The molecule has 0 amide bonds. The van der Waals surface area contributed by atoms with Crippen LogP contribution >= 0.6 is 23.4 Å². The molecule has 1 saturated heterocycles. The van der Waals surface area contributed by atoms with Crippen LogP contribution in [0.2, 0.25) is 5.02 Å². The first kappa shape index (κ1) is 21.1. The van der Waals surface area contributed by atoms with Crippen molar-refractivity contribution in [3.05, 3.63) is 71.1 Å². The largest absolute Gasteiger partial charge is 0.444 e. The first-order chi connectivity index (χ1) is 15.7. The van der Waals surface area contributed by atoms with Gasteiger partial charge in [-0.2, -0.15) is 0 Å². The Hall–Kier alpha value is -2.81. The van der Waals surface area contributed by atoms with Crippen molar-refractivity contribution in [2.24, 2.45) is 0 Å². The van der Waals surface area contributed by atoms with E-state index in [1.54, 1.807) is 18.0 Å². The van der Waals surface area contributed by atoms with Gasteiger partial charge in [-0.05, 0) is 48.9 Å². The highest BCUT2D eigenvalue weighted by Gasteiger charge is 2.22. The van der Waals surface area contributed by atoms with Crippen LogP contribution in [0.1, 0.15) is 11.3 Å². The maximum Gasteiger partial charge on any atom is 0.232 e. The molecule has 2 aromatic heterocycles. The number of hydrogen-bond acceptors (Lipinski definition) is 7. The van der Waals surface area contributed by atoms with E-state index < -0.39 is 0 Å². The maximum atomic E-state index is 5.98. The predicted molar refractivity (Wildman–Crippen MR) is 126 cm³/mol. The first-order valence-corrected chi connectivity index (χ1v) is 11.7. The zero-order valence-corrected chi connectivity index (χ0v) is 19.1. The number of rotatable bonds is 6. The summed E-state index contributed by atoms with van der Waals surface area (Å²) in [4.78, 5) is 6.84. The van der Waals surface area contributed by atoms with Gasteiger partial charge in [-0.15, -0.1) is 10.2 Å². The molecule has 5 rings (SSSR count). The standard InChI is InChI=1S/C23H22ClN5O2S/c1-16-3-2-4-20(13-16)29-22(28-9-11-30-12-10-28)26-27-23(29)32-15-19-14-31-21(25-19)17-5-7-18(24)8-6-17/h2-8,13-14H,9-12,15H2,1H3. The molecule has 0 N–H and O–H groups in total. The zero-order chi connectivity index (χ0) is 21.9. The number of aryl methyl sites for hydroxylation is 1. The van der Waals surface area contributed by atoms with Gasteiger partial charge in [0.25, 0.3) is 0 Å². The molecule has 4 aromatic rings. The molecule has 9 heteroatoms. The predicted octanol–water partition coefficient (Wildman–Crippen LogP) is 5.01. The van der Waals surface area contributed by atoms with Gasteiger partial charge in [-0.3, -0.25) is 4.57 Å². The lowest BCUT2D eigenvalue weighted by molar-refractivity contribution is 0.122. The fourth-order valence-electron chi connectivity index (χ4n) is 3.55. The minimum Gasteiger partial charge on any atom is -0.444 e. The average molecular weight is 468 g/mol. The smallest absolute Gasteiger partial charge is 0.232 e. The molecule has 0 spiro atoms. The molecule has 2 aromatic carbocycles. The molecule has 0 saturated carbocycles. The second-order valence-corrected chi connectivity index (χ2v) is 8.87. The molecular weight excluding hydrogens is 446 g/mol. The second kappa shape index (κ2) is 9.36. The van der Waals surface area contributed by atoms with E-state index in [9.17, 15) is 0 Å². The summed E-state index contributed by atoms with van der Waals surface area (Å²) in [7, 11) is 0. The van der Waals surface area contributed by atoms with Crippen molar-refractivity contribution in [2.75, 3.05) is 31.2 Å². The van der Waals surface area contributed by atoms with Gasteiger partial charge in [-0.1, -0.05) is 35.5 Å². The van der Waals surface area contributed by atoms with Gasteiger partial charge in [-0.25, -0.2) is 4.98 Å². The summed E-state index contributed by atoms with van der Waals surface area (Å²) in [5.74, 6) is 2.03. The Morgan fingerprint density at radius 3 is 2.66 bits per heavy atom. The third-order valence-electron chi connectivity index (χ3n) is 5.16. The summed E-state index contributed by atoms with van der Waals surface area (Å²) < 4.78 is 13.3. The Bertz CT molecular complexity index is 1200. The quantitative estimate of drug-likeness (QED) is 0.369. The van der Waals surface area contributed by atoms with Crippen LogP contribution in [0.4, 0.5) is 5.95 Å². The topological polar surface area (TPSA) is 69.2 Å². The number of anilines is 1. The molecule has 164 valence electrons. The van der Waals surface area contributed by atoms with Crippen LogP contribution in [0.5, 0.6) is 0 Å². The summed E-state index contributed by atoms with van der Waals surface area (Å²) in [6, 6.07) is 15.8. The van der Waals surface area contributed by atoms with Gasteiger partial charge in [0.05, 0.1) is 24.6 Å². The highest BCUT2D eigenvalue weighted by Crippen LogP contribution is 2.30. The molecule has 3 heterocycles. The number of halogens is 1. The van der Waals surface area contributed by atoms with E-state index in [2.05, 4.69) is 55.8 Å². The van der Waals surface area contributed by atoms with Crippen LogP contribution in [-0.4, -0.2) is 46.1 Å². The molecule has 1 fully saturated rings. The number of oxazole rings is 1. The summed E-state index contributed by atoms with van der Waals surface area (Å²) >= 11 is 7.56. The third kappa shape index (κ3) is 4.53. The number of benzene rings is 2. The van der Waals surface area contributed by atoms with Crippen molar-refractivity contribution in [1.29, 1.82) is 0 Å². The number of thioether (sulfide) groups is 1. The molecule has 32 heavy (non-hydrogen) atoms. The maximum absolute atomic E-state index is 5.98. The lowest BCUT2D eigenvalue weighted by Crippen LogP contribution is -2.37. The Morgan fingerprint density at radius 1 is 1.06 bits per heavy atom. The lowest BCUT2D eigenvalue weighted by Gasteiger charge is -2.28. The van der Waals surface area contributed by atoms with E-state index >= 15 is 0 Å². The second-order valence-electron chi connectivity index (χ2n) is 7.50. The number of morpholine rings is 1. The van der Waals surface area contributed by atoms with Crippen molar-refractivity contribution in [3.63, 3.8) is 0 Å². The summed E-state index contributed by atoms with van der Waals surface area (Å²) in [5, 5.41) is 10.5. The lowest BCUT2D eigenvalue weighted by atomic mass is 10.2. The Kier molecular flexibility index (Phi) is 6.16. The molecule has 1 aliphatic heterocycles.